The Bertz CT molecular complexity index is 739. The molecule has 0 saturated carbocycles. The monoisotopic (exact) mass is 416 g/mol. The molecule has 2 N–H and O–H groups in total. The predicted octanol–water partition coefficient (Wildman–Crippen LogP) is 4.33. The highest BCUT2D eigenvalue weighted by molar-refractivity contribution is 7.80. The number of quaternary nitrogens is 1. The predicted molar refractivity (Wildman–Crippen MR) is 126 cm³/mol. The average Bonchev–Trinajstić information content (AvgIpc) is 3.02. The Labute approximate surface area is 179 Å². The molecule has 0 spiro atoms. The first kappa shape index (κ1) is 21.3. The van der Waals surface area contributed by atoms with Gasteiger partial charge in [-0.2, -0.15) is 0 Å². The van der Waals surface area contributed by atoms with Crippen LogP contribution in [0.4, 0.5) is 5.69 Å². The van der Waals surface area contributed by atoms with E-state index in [1.807, 2.05) is 11.3 Å². The first-order chi connectivity index (χ1) is 13.5. The number of rotatable bonds is 6. The Balaban J connectivity index is 1.69. The minimum Gasteiger partial charge on any atom is -0.338 e. The minimum absolute atomic E-state index is 0.845. The van der Waals surface area contributed by atoms with Crippen molar-refractivity contribution in [1.82, 2.24) is 4.90 Å². The molecule has 0 bridgehead atoms. The van der Waals surface area contributed by atoms with Crippen molar-refractivity contribution < 1.29 is 4.90 Å². The van der Waals surface area contributed by atoms with Gasteiger partial charge in [-0.05, 0) is 81.2 Å². The number of benzene rings is 1. The van der Waals surface area contributed by atoms with Crippen molar-refractivity contribution in [1.29, 1.82) is 0 Å². The summed E-state index contributed by atoms with van der Waals surface area (Å²) in [5.74, 6) is 0. The maximum absolute atomic E-state index is 5.89. The summed E-state index contributed by atoms with van der Waals surface area (Å²) in [6.45, 7) is 12.1. The molecule has 0 aliphatic carbocycles. The van der Waals surface area contributed by atoms with Crippen molar-refractivity contribution in [2.24, 2.45) is 0 Å². The SMILES string of the molecule is Cc1cc(C)c(NC(=S)N(CC[NH+]2CCCCCC2)Cc2cccs2)c(C)c1. The Morgan fingerprint density at radius 2 is 1.79 bits per heavy atom. The van der Waals surface area contributed by atoms with Crippen LogP contribution in [0, 0.1) is 20.8 Å². The second kappa shape index (κ2) is 10.4. The highest BCUT2D eigenvalue weighted by Gasteiger charge is 2.18. The molecule has 28 heavy (non-hydrogen) atoms. The molecule has 1 aliphatic heterocycles. The highest BCUT2D eigenvalue weighted by Crippen LogP contribution is 2.23. The molecular weight excluding hydrogens is 382 g/mol. The molecule has 1 saturated heterocycles. The van der Waals surface area contributed by atoms with E-state index < -0.39 is 0 Å². The van der Waals surface area contributed by atoms with Gasteiger partial charge in [0, 0.05) is 10.6 Å². The molecule has 0 radical (unpaired) electrons. The number of thiophene rings is 1. The van der Waals surface area contributed by atoms with Crippen LogP contribution in [0.15, 0.2) is 29.6 Å². The molecule has 2 heterocycles. The van der Waals surface area contributed by atoms with Crippen LogP contribution in [-0.4, -0.2) is 36.2 Å². The zero-order valence-electron chi connectivity index (χ0n) is 17.5. The van der Waals surface area contributed by atoms with Crippen LogP contribution in [0.1, 0.15) is 47.3 Å². The van der Waals surface area contributed by atoms with Gasteiger partial charge in [-0.3, -0.25) is 0 Å². The van der Waals surface area contributed by atoms with E-state index in [0.717, 1.165) is 23.9 Å². The Morgan fingerprint density at radius 1 is 1.11 bits per heavy atom. The number of anilines is 1. The molecule has 3 nitrogen and oxygen atoms in total. The summed E-state index contributed by atoms with van der Waals surface area (Å²) in [5.41, 5.74) is 4.98. The fourth-order valence-corrected chi connectivity index (χ4v) is 5.16. The van der Waals surface area contributed by atoms with Crippen LogP contribution in [0.25, 0.3) is 0 Å². The van der Waals surface area contributed by atoms with E-state index in [2.05, 4.69) is 60.6 Å². The van der Waals surface area contributed by atoms with Crippen LogP contribution in [0.3, 0.4) is 0 Å². The van der Waals surface area contributed by atoms with Gasteiger partial charge in [0.15, 0.2) is 5.11 Å². The third kappa shape index (κ3) is 6.03. The van der Waals surface area contributed by atoms with Gasteiger partial charge in [0.25, 0.3) is 0 Å². The number of likely N-dealkylation sites (tertiary alicyclic amines) is 1. The van der Waals surface area contributed by atoms with Gasteiger partial charge in [-0.1, -0.05) is 23.8 Å². The van der Waals surface area contributed by atoms with Gasteiger partial charge in [0.1, 0.15) is 0 Å². The van der Waals surface area contributed by atoms with Gasteiger partial charge in [-0.15, -0.1) is 11.3 Å². The first-order valence-corrected chi connectivity index (χ1v) is 11.8. The summed E-state index contributed by atoms with van der Waals surface area (Å²) in [6.07, 6.45) is 5.53. The Morgan fingerprint density at radius 3 is 2.39 bits per heavy atom. The summed E-state index contributed by atoms with van der Waals surface area (Å²) in [5, 5.41) is 6.57. The number of nitrogens with zero attached hydrogens (tertiary/aromatic N) is 1. The van der Waals surface area contributed by atoms with Gasteiger partial charge in [0.05, 0.1) is 32.7 Å². The Hall–Kier alpha value is -1.43. The van der Waals surface area contributed by atoms with Crippen LogP contribution in [0.5, 0.6) is 0 Å². The lowest BCUT2D eigenvalue weighted by Crippen LogP contribution is -3.12. The van der Waals surface area contributed by atoms with Crippen LogP contribution >= 0.6 is 23.6 Å². The zero-order chi connectivity index (χ0) is 19.9. The second-order valence-electron chi connectivity index (χ2n) is 8.12. The fraction of sp³-hybridized carbons (Fsp3) is 0.522. The van der Waals surface area contributed by atoms with Gasteiger partial charge < -0.3 is 15.1 Å². The summed E-state index contributed by atoms with van der Waals surface area (Å²) >= 11 is 7.70. The van der Waals surface area contributed by atoms with Gasteiger partial charge in [-0.25, -0.2) is 0 Å². The topological polar surface area (TPSA) is 19.7 Å². The standard InChI is InChI=1S/C23H33N3S2/c1-18-15-19(2)22(20(3)16-18)24-23(27)26(17-21-9-8-14-28-21)13-12-25-10-6-4-5-7-11-25/h8-9,14-16H,4-7,10-13,17H2,1-3H3,(H,24,27)/p+1. The van der Waals surface area contributed by atoms with Crippen molar-refractivity contribution in [3.05, 3.63) is 51.2 Å². The molecule has 1 aliphatic rings. The summed E-state index contributed by atoms with van der Waals surface area (Å²) in [4.78, 5) is 5.46. The molecule has 5 heteroatoms. The lowest BCUT2D eigenvalue weighted by atomic mass is 10.1. The third-order valence-electron chi connectivity index (χ3n) is 5.67. The molecule has 0 atom stereocenters. The molecule has 1 aromatic carbocycles. The van der Waals surface area contributed by atoms with E-state index in [0.29, 0.717) is 0 Å². The van der Waals surface area contributed by atoms with Crippen molar-refractivity contribution in [2.75, 3.05) is 31.5 Å². The number of hydrogen-bond acceptors (Lipinski definition) is 2. The van der Waals surface area contributed by atoms with Gasteiger partial charge >= 0.3 is 0 Å². The molecule has 0 unspecified atom stereocenters. The summed E-state index contributed by atoms with van der Waals surface area (Å²) in [7, 11) is 0. The average molecular weight is 417 g/mol. The molecule has 0 amide bonds. The molecule has 152 valence electrons. The van der Waals surface area contributed by atoms with E-state index >= 15 is 0 Å². The lowest BCUT2D eigenvalue weighted by Gasteiger charge is -2.28. The summed E-state index contributed by atoms with van der Waals surface area (Å²) < 4.78 is 0. The maximum atomic E-state index is 5.89. The molecular formula is C23H34N3S2+. The van der Waals surface area contributed by atoms with E-state index in [4.69, 9.17) is 12.2 Å². The van der Waals surface area contributed by atoms with Crippen molar-refractivity contribution >= 4 is 34.4 Å². The van der Waals surface area contributed by atoms with Crippen LogP contribution in [0.2, 0.25) is 0 Å². The first-order valence-electron chi connectivity index (χ1n) is 10.5. The summed E-state index contributed by atoms with van der Waals surface area (Å²) in [6, 6.07) is 8.79. The zero-order valence-corrected chi connectivity index (χ0v) is 19.1. The van der Waals surface area contributed by atoms with E-state index in [1.54, 1.807) is 4.90 Å². The van der Waals surface area contributed by atoms with E-state index in [9.17, 15) is 0 Å². The second-order valence-corrected chi connectivity index (χ2v) is 9.54. The number of thiocarbonyl (C=S) groups is 1. The molecule has 2 aromatic rings. The molecule has 3 rings (SSSR count). The van der Waals surface area contributed by atoms with Crippen LogP contribution in [-0.2, 0) is 6.54 Å². The largest absolute Gasteiger partial charge is 0.338 e. The molecule has 1 fully saturated rings. The van der Waals surface area contributed by atoms with Gasteiger partial charge in [0.2, 0.25) is 0 Å². The third-order valence-corrected chi connectivity index (χ3v) is 6.89. The normalized spacial score (nSPS) is 15.2. The number of aryl methyl sites for hydroxylation is 3. The number of hydrogen-bond donors (Lipinski definition) is 2. The van der Waals surface area contributed by atoms with E-state index in [-0.39, 0.29) is 0 Å². The lowest BCUT2D eigenvalue weighted by molar-refractivity contribution is -0.898. The van der Waals surface area contributed by atoms with Crippen LogP contribution < -0.4 is 10.2 Å². The fourth-order valence-electron chi connectivity index (χ4n) is 4.18. The quantitative estimate of drug-likeness (QED) is 0.684. The van der Waals surface area contributed by atoms with Crippen molar-refractivity contribution in [2.45, 2.75) is 53.0 Å². The van der Waals surface area contributed by atoms with Crippen molar-refractivity contribution in [3.8, 4) is 0 Å². The maximum Gasteiger partial charge on any atom is 0.173 e. The number of nitrogens with one attached hydrogen (secondary N) is 2. The van der Waals surface area contributed by atoms with E-state index in [1.165, 1.54) is 66.9 Å². The Kier molecular flexibility index (Phi) is 7.89. The smallest absolute Gasteiger partial charge is 0.173 e. The molecule has 1 aromatic heterocycles. The minimum atomic E-state index is 0.845. The van der Waals surface area contributed by atoms with Crippen molar-refractivity contribution in [3.63, 3.8) is 0 Å². The highest BCUT2D eigenvalue weighted by atomic mass is 32.1.